The number of nitrogens with one attached hydrogen (secondary N) is 2. The summed E-state index contributed by atoms with van der Waals surface area (Å²) in [5, 5.41) is 5.32. The van der Waals surface area contributed by atoms with E-state index in [1.165, 1.54) is 28.5 Å². The molecule has 6 heteroatoms. The van der Waals surface area contributed by atoms with Gasteiger partial charge in [0.15, 0.2) is 6.54 Å². The summed E-state index contributed by atoms with van der Waals surface area (Å²) in [5.41, 5.74) is 2.14. The van der Waals surface area contributed by atoms with Crippen molar-refractivity contribution in [1.82, 2.24) is 5.32 Å². The number of rotatable bonds is 9. The lowest BCUT2D eigenvalue weighted by Gasteiger charge is -2.14. The van der Waals surface area contributed by atoms with Crippen LogP contribution in [0.25, 0.3) is 10.8 Å². The molecule has 0 saturated heterocycles. The van der Waals surface area contributed by atoms with Gasteiger partial charge in [-0.25, -0.2) is 0 Å². The van der Waals surface area contributed by atoms with Gasteiger partial charge in [-0.05, 0) is 41.0 Å². The Kier molecular flexibility index (Phi) is 7.14. The van der Waals surface area contributed by atoms with E-state index in [0.717, 1.165) is 17.0 Å². The molecule has 4 nitrogen and oxygen atoms in total. The molecule has 1 atom stereocenters. The highest BCUT2D eigenvalue weighted by Gasteiger charge is 2.11. The first-order valence-electron chi connectivity index (χ1n) is 9.59. The zero-order valence-electron chi connectivity index (χ0n) is 16.3. The summed E-state index contributed by atoms with van der Waals surface area (Å²) in [4.78, 5) is 13.3. The molecule has 0 fully saturated rings. The van der Waals surface area contributed by atoms with Crippen LogP contribution in [0.5, 0.6) is 5.75 Å². The van der Waals surface area contributed by atoms with E-state index in [9.17, 15) is 13.6 Å². The molecule has 0 aromatic heterocycles. The number of benzene rings is 3. The van der Waals surface area contributed by atoms with Crippen molar-refractivity contribution < 1.29 is 23.2 Å². The molecule has 0 bridgehead atoms. The van der Waals surface area contributed by atoms with E-state index in [0.29, 0.717) is 19.5 Å². The summed E-state index contributed by atoms with van der Waals surface area (Å²) in [6.07, 6.45) is 0.629. The summed E-state index contributed by atoms with van der Waals surface area (Å²) >= 11 is 0. The zero-order chi connectivity index (χ0) is 20.6. The third-order valence-electron chi connectivity index (χ3n) is 4.67. The number of carbonyl (C=O) groups is 1. The van der Waals surface area contributed by atoms with Crippen LogP contribution in [0.3, 0.4) is 0 Å². The maximum absolute atomic E-state index is 12.2. The Labute approximate surface area is 169 Å². The molecule has 2 N–H and O–H groups in total. The first-order chi connectivity index (χ1) is 14.0. The highest BCUT2D eigenvalue weighted by Crippen LogP contribution is 2.16. The fourth-order valence-electron chi connectivity index (χ4n) is 3.28. The number of fused-ring (bicyclic) bond motifs is 1. The zero-order valence-corrected chi connectivity index (χ0v) is 16.3. The maximum atomic E-state index is 12.2. The van der Waals surface area contributed by atoms with Gasteiger partial charge in [0.25, 0.3) is 5.91 Å². The van der Waals surface area contributed by atoms with Crippen molar-refractivity contribution in [2.45, 2.75) is 19.6 Å². The van der Waals surface area contributed by atoms with Crippen LogP contribution in [-0.2, 0) is 17.8 Å². The van der Waals surface area contributed by atoms with Crippen LogP contribution in [0.1, 0.15) is 11.1 Å². The molecule has 1 amide bonds. The van der Waals surface area contributed by atoms with Gasteiger partial charge in [0, 0.05) is 12.1 Å². The van der Waals surface area contributed by atoms with E-state index >= 15 is 0 Å². The summed E-state index contributed by atoms with van der Waals surface area (Å²) in [5.74, 6) is 0.118. The number of hydrogen-bond donors (Lipinski definition) is 2. The van der Waals surface area contributed by atoms with Gasteiger partial charge in [0.2, 0.25) is 0 Å². The molecule has 1 unspecified atom stereocenters. The predicted octanol–water partition coefficient (Wildman–Crippen LogP) is 2.81. The van der Waals surface area contributed by atoms with E-state index in [4.69, 9.17) is 0 Å². The first kappa shape index (κ1) is 20.7. The quantitative estimate of drug-likeness (QED) is 0.581. The average Bonchev–Trinajstić information content (AvgIpc) is 2.68. The van der Waals surface area contributed by atoms with Gasteiger partial charge < -0.3 is 15.0 Å². The van der Waals surface area contributed by atoms with Crippen LogP contribution in [0.4, 0.5) is 8.78 Å². The number of halogens is 2. The summed E-state index contributed by atoms with van der Waals surface area (Å²) in [6.45, 7) is -1.18. The third kappa shape index (κ3) is 6.54. The minimum Gasteiger partial charge on any atom is -0.435 e. The van der Waals surface area contributed by atoms with Crippen molar-refractivity contribution in [3.63, 3.8) is 0 Å². The van der Waals surface area contributed by atoms with Crippen LogP contribution in [0.2, 0.25) is 0 Å². The van der Waals surface area contributed by atoms with E-state index in [1.54, 1.807) is 12.1 Å². The molecule has 0 spiro atoms. The number of quaternary nitrogens is 1. The molecule has 0 aliphatic heterocycles. The first-order valence-corrected chi connectivity index (χ1v) is 9.59. The molecule has 0 heterocycles. The van der Waals surface area contributed by atoms with Crippen LogP contribution in [0.15, 0.2) is 66.7 Å². The van der Waals surface area contributed by atoms with Gasteiger partial charge in [-0.15, -0.1) is 0 Å². The molecular weight excluding hydrogens is 374 g/mol. The lowest BCUT2D eigenvalue weighted by Crippen LogP contribution is -3.08. The summed E-state index contributed by atoms with van der Waals surface area (Å²) < 4.78 is 28.6. The van der Waals surface area contributed by atoms with Gasteiger partial charge in [-0.1, -0.05) is 48.5 Å². The standard InChI is InChI=1S/C23H24F2N2O2/c1-27(15-18-6-9-19-4-2-3-5-20(19)14-18)16-22(28)26-13-12-17-7-10-21(11-8-17)29-23(24)25/h2-11,14,23H,12-13,15-16H2,1H3,(H,26,28)/p+1. The Morgan fingerprint density at radius 3 is 2.41 bits per heavy atom. The van der Waals surface area contributed by atoms with E-state index < -0.39 is 6.61 Å². The molecule has 0 aliphatic rings. The smallest absolute Gasteiger partial charge is 0.387 e. The molecule has 0 radical (unpaired) electrons. The Balaban J connectivity index is 1.41. The van der Waals surface area contributed by atoms with Crippen molar-refractivity contribution in [3.8, 4) is 5.75 Å². The Bertz CT molecular complexity index is 945. The third-order valence-corrected chi connectivity index (χ3v) is 4.67. The minimum atomic E-state index is -2.82. The van der Waals surface area contributed by atoms with Crippen molar-refractivity contribution in [3.05, 3.63) is 77.9 Å². The SMILES string of the molecule is C[NH+](CC(=O)NCCc1ccc(OC(F)F)cc1)Cc1ccc2ccccc2c1. The fraction of sp³-hybridized carbons (Fsp3) is 0.261. The van der Waals surface area contributed by atoms with Crippen molar-refractivity contribution in [1.29, 1.82) is 0 Å². The molecule has 3 aromatic rings. The Hall–Kier alpha value is -2.99. The second kappa shape index (κ2) is 9.98. The van der Waals surface area contributed by atoms with Gasteiger partial charge >= 0.3 is 6.61 Å². The second-order valence-corrected chi connectivity index (χ2v) is 7.11. The average molecular weight is 399 g/mol. The van der Waals surface area contributed by atoms with Crippen molar-refractivity contribution in [2.75, 3.05) is 20.1 Å². The molecule has 29 heavy (non-hydrogen) atoms. The molecule has 3 rings (SSSR count). The van der Waals surface area contributed by atoms with E-state index in [-0.39, 0.29) is 11.7 Å². The van der Waals surface area contributed by atoms with Crippen molar-refractivity contribution in [2.24, 2.45) is 0 Å². The molecule has 0 saturated carbocycles. The van der Waals surface area contributed by atoms with E-state index in [2.05, 4.69) is 40.4 Å². The number of amides is 1. The van der Waals surface area contributed by atoms with Crippen LogP contribution in [0, 0.1) is 0 Å². The van der Waals surface area contributed by atoms with Gasteiger partial charge in [-0.2, -0.15) is 8.78 Å². The lowest BCUT2D eigenvalue weighted by molar-refractivity contribution is -0.885. The number of hydrogen-bond acceptors (Lipinski definition) is 2. The number of likely N-dealkylation sites (N-methyl/N-ethyl adjacent to an activating group) is 1. The fourth-order valence-corrected chi connectivity index (χ4v) is 3.28. The summed E-state index contributed by atoms with van der Waals surface area (Å²) in [6, 6.07) is 21.1. The molecular formula is C23H25F2N2O2+. The van der Waals surface area contributed by atoms with Crippen LogP contribution >= 0.6 is 0 Å². The van der Waals surface area contributed by atoms with Crippen LogP contribution in [-0.4, -0.2) is 32.7 Å². The topological polar surface area (TPSA) is 42.8 Å². The minimum absolute atomic E-state index is 0.0130. The van der Waals surface area contributed by atoms with Gasteiger partial charge in [0.1, 0.15) is 12.3 Å². The highest BCUT2D eigenvalue weighted by molar-refractivity contribution is 5.83. The normalized spacial score (nSPS) is 12.1. The second-order valence-electron chi connectivity index (χ2n) is 7.11. The van der Waals surface area contributed by atoms with E-state index in [1.807, 2.05) is 19.2 Å². The molecule has 152 valence electrons. The number of ether oxygens (including phenoxy) is 1. The number of carbonyl (C=O) groups excluding carboxylic acids is 1. The maximum Gasteiger partial charge on any atom is 0.387 e. The molecule has 3 aromatic carbocycles. The Morgan fingerprint density at radius 1 is 1.00 bits per heavy atom. The Morgan fingerprint density at radius 2 is 1.69 bits per heavy atom. The van der Waals surface area contributed by atoms with Crippen LogP contribution < -0.4 is 15.0 Å². The largest absolute Gasteiger partial charge is 0.435 e. The van der Waals surface area contributed by atoms with Gasteiger partial charge in [0.05, 0.1) is 7.05 Å². The van der Waals surface area contributed by atoms with Gasteiger partial charge in [-0.3, -0.25) is 4.79 Å². The predicted molar refractivity (Wildman–Crippen MR) is 109 cm³/mol. The summed E-state index contributed by atoms with van der Waals surface area (Å²) in [7, 11) is 2.00. The van der Waals surface area contributed by atoms with Crippen molar-refractivity contribution >= 4 is 16.7 Å². The molecule has 0 aliphatic carbocycles. The number of alkyl halides is 2. The highest BCUT2D eigenvalue weighted by atomic mass is 19.3. The monoisotopic (exact) mass is 399 g/mol. The lowest BCUT2D eigenvalue weighted by atomic mass is 10.1.